The molecular formula is C30H30ClF2N5O5. The summed E-state index contributed by atoms with van der Waals surface area (Å²) in [5.41, 5.74) is 1.05. The Morgan fingerprint density at radius 2 is 1.98 bits per heavy atom. The fraction of sp³-hybridized carbons (Fsp3) is 0.333. The topological polar surface area (TPSA) is 134 Å². The van der Waals surface area contributed by atoms with Gasteiger partial charge in [-0.3, -0.25) is 14.9 Å². The summed E-state index contributed by atoms with van der Waals surface area (Å²) in [4.78, 5) is 45.7. The number of nitrogens with one attached hydrogen (secondary N) is 4. The van der Waals surface area contributed by atoms with Crippen molar-refractivity contribution in [2.24, 2.45) is 5.92 Å². The number of ether oxygens (including phenoxy) is 2. The highest BCUT2D eigenvalue weighted by Crippen LogP contribution is 2.36. The van der Waals surface area contributed by atoms with E-state index in [1.54, 1.807) is 30.4 Å². The fourth-order valence-corrected chi connectivity index (χ4v) is 5.11. The Hall–Kier alpha value is -4.29. The lowest BCUT2D eigenvalue weighted by Gasteiger charge is -2.16. The SMILES string of the molecule is Cc1cc(F)c(C(=O)NC2CC=CCCC(=O)Nc3cc(NC(=O)OCC4CCOC4)ccc3-c3nc2[nH]c3Cl)c(F)c1. The quantitative estimate of drug-likeness (QED) is 0.259. The van der Waals surface area contributed by atoms with E-state index in [1.165, 1.54) is 6.92 Å². The van der Waals surface area contributed by atoms with Crippen LogP contribution in [0.15, 0.2) is 42.5 Å². The first-order valence-corrected chi connectivity index (χ1v) is 14.2. The molecule has 2 aliphatic heterocycles. The maximum Gasteiger partial charge on any atom is 0.411 e. The summed E-state index contributed by atoms with van der Waals surface area (Å²) in [5.74, 6) is -2.80. The van der Waals surface area contributed by atoms with Gasteiger partial charge in [-0.25, -0.2) is 18.6 Å². The van der Waals surface area contributed by atoms with E-state index in [4.69, 9.17) is 21.1 Å². The number of amides is 3. The predicted octanol–water partition coefficient (Wildman–Crippen LogP) is 6.05. The van der Waals surface area contributed by atoms with Crippen LogP contribution in [0.4, 0.5) is 25.0 Å². The standard InChI is InChI=1S/C30H30ClF2N5O5/c1-16-11-20(32)25(21(33)12-16)29(40)36-22-5-3-2-4-6-24(39)35-23-13-18(34-30(41)43-15-17-9-10-42-14-17)7-8-19(23)26-27(31)38-28(22)37-26/h2-3,7-8,11-13,17,22H,4-6,9-10,14-15H2,1H3,(H,34,41)(H,35,39)(H,36,40)(H,37,38). The van der Waals surface area contributed by atoms with Crippen molar-refractivity contribution in [1.82, 2.24) is 15.3 Å². The Morgan fingerprint density at radius 3 is 2.72 bits per heavy atom. The van der Waals surface area contributed by atoms with E-state index in [9.17, 15) is 23.2 Å². The summed E-state index contributed by atoms with van der Waals surface area (Å²) in [6, 6.07) is 6.14. The largest absolute Gasteiger partial charge is 0.449 e. The highest BCUT2D eigenvalue weighted by atomic mass is 35.5. The molecule has 3 aromatic rings. The fourth-order valence-electron chi connectivity index (χ4n) is 4.87. The number of carbonyl (C=O) groups excluding carboxylic acids is 3. The van der Waals surface area contributed by atoms with Crippen molar-refractivity contribution in [2.75, 3.05) is 30.5 Å². The zero-order chi connectivity index (χ0) is 30.5. The van der Waals surface area contributed by atoms with Gasteiger partial charge in [0.2, 0.25) is 5.91 Å². The summed E-state index contributed by atoms with van der Waals surface area (Å²) in [7, 11) is 0. The number of fused-ring (bicyclic) bond motifs is 4. The van der Waals surface area contributed by atoms with Crippen LogP contribution in [-0.2, 0) is 14.3 Å². The van der Waals surface area contributed by atoms with Crippen LogP contribution in [0, 0.1) is 24.5 Å². The summed E-state index contributed by atoms with van der Waals surface area (Å²) in [6.45, 7) is 2.94. The zero-order valence-corrected chi connectivity index (χ0v) is 24.0. The molecule has 3 amide bonds. The third kappa shape index (κ3) is 7.38. The third-order valence-electron chi connectivity index (χ3n) is 7.07. The van der Waals surface area contributed by atoms with Crippen molar-refractivity contribution < 1.29 is 32.6 Å². The molecule has 2 aromatic carbocycles. The van der Waals surface area contributed by atoms with E-state index in [0.29, 0.717) is 42.1 Å². The molecule has 0 aliphatic carbocycles. The summed E-state index contributed by atoms with van der Waals surface area (Å²) in [6.07, 6.45) is 4.43. The van der Waals surface area contributed by atoms with Crippen molar-refractivity contribution in [1.29, 1.82) is 0 Å². The second kappa shape index (κ2) is 13.3. The molecule has 4 N–H and O–H groups in total. The van der Waals surface area contributed by atoms with Gasteiger partial charge in [0.25, 0.3) is 5.91 Å². The molecule has 43 heavy (non-hydrogen) atoms. The van der Waals surface area contributed by atoms with Gasteiger partial charge < -0.3 is 25.1 Å². The van der Waals surface area contributed by atoms with Crippen molar-refractivity contribution in [2.45, 2.75) is 38.6 Å². The van der Waals surface area contributed by atoms with Crippen LogP contribution in [0.25, 0.3) is 11.3 Å². The molecule has 0 radical (unpaired) electrons. The minimum Gasteiger partial charge on any atom is -0.449 e. The molecule has 1 fully saturated rings. The second-order valence-electron chi connectivity index (χ2n) is 10.4. The highest BCUT2D eigenvalue weighted by molar-refractivity contribution is 6.32. The number of aromatic nitrogens is 2. The van der Waals surface area contributed by atoms with E-state index in [-0.39, 0.29) is 47.9 Å². The molecular weight excluding hydrogens is 584 g/mol. The molecule has 2 atom stereocenters. The first-order chi connectivity index (χ1) is 20.7. The number of nitrogens with zero attached hydrogens (tertiary/aromatic N) is 1. The first-order valence-electron chi connectivity index (χ1n) is 13.8. The van der Waals surface area contributed by atoms with Crippen LogP contribution in [0.2, 0.25) is 5.15 Å². The van der Waals surface area contributed by atoms with E-state index in [2.05, 4.69) is 25.9 Å². The Bertz CT molecular complexity index is 1550. The highest BCUT2D eigenvalue weighted by Gasteiger charge is 2.26. The number of rotatable bonds is 5. The first kappa shape index (κ1) is 30.2. The minimum absolute atomic E-state index is 0.109. The normalized spacial score (nSPS) is 18.5. The number of aromatic amines is 1. The Labute approximate surface area is 251 Å². The van der Waals surface area contributed by atoms with Crippen molar-refractivity contribution in [3.05, 3.63) is 76.2 Å². The van der Waals surface area contributed by atoms with E-state index < -0.39 is 35.2 Å². The number of benzene rings is 2. The molecule has 1 saturated heterocycles. The Balaban J connectivity index is 1.42. The summed E-state index contributed by atoms with van der Waals surface area (Å²) in [5, 5.41) is 8.27. The van der Waals surface area contributed by atoms with Crippen LogP contribution >= 0.6 is 11.6 Å². The van der Waals surface area contributed by atoms with Crippen LogP contribution in [0.1, 0.15) is 53.5 Å². The lowest BCUT2D eigenvalue weighted by atomic mass is 10.1. The van der Waals surface area contributed by atoms with Gasteiger partial charge in [-0.05, 0) is 62.1 Å². The summed E-state index contributed by atoms with van der Waals surface area (Å²) >= 11 is 6.55. The maximum atomic E-state index is 14.5. The van der Waals surface area contributed by atoms with Gasteiger partial charge in [0.1, 0.15) is 33.9 Å². The van der Waals surface area contributed by atoms with Gasteiger partial charge in [-0.15, -0.1) is 0 Å². The number of imidazole rings is 1. The second-order valence-corrected chi connectivity index (χ2v) is 10.8. The zero-order valence-electron chi connectivity index (χ0n) is 23.3. The lowest BCUT2D eigenvalue weighted by molar-refractivity contribution is -0.116. The average Bonchev–Trinajstić information content (AvgIpc) is 3.60. The van der Waals surface area contributed by atoms with Gasteiger partial charge in [-0.1, -0.05) is 23.8 Å². The number of H-pyrrole nitrogens is 1. The molecule has 0 spiro atoms. The molecule has 13 heteroatoms. The van der Waals surface area contributed by atoms with Gasteiger partial charge in [-0.2, -0.15) is 0 Å². The van der Waals surface area contributed by atoms with Crippen molar-refractivity contribution in [3.63, 3.8) is 0 Å². The molecule has 10 nitrogen and oxygen atoms in total. The maximum absolute atomic E-state index is 14.5. The van der Waals surface area contributed by atoms with Crippen LogP contribution in [0.5, 0.6) is 0 Å². The van der Waals surface area contributed by atoms with E-state index in [1.807, 2.05) is 0 Å². The molecule has 1 aromatic heterocycles. The molecule has 2 aliphatic rings. The number of halogens is 3. The smallest absolute Gasteiger partial charge is 0.411 e. The molecule has 3 heterocycles. The van der Waals surface area contributed by atoms with Crippen molar-refractivity contribution >= 4 is 40.9 Å². The van der Waals surface area contributed by atoms with E-state index >= 15 is 0 Å². The average molecular weight is 614 g/mol. The summed E-state index contributed by atoms with van der Waals surface area (Å²) < 4.78 is 39.7. The number of hydrogen-bond donors (Lipinski definition) is 4. The van der Waals surface area contributed by atoms with Gasteiger partial charge >= 0.3 is 6.09 Å². The lowest BCUT2D eigenvalue weighted by Crippen LogP contribution is -2.30. The molecule has 2 unspecified atom stereocenters. The minimum atomic E-state index is -0.979. The van der Waals surface area contributed by atoms with Crippen molar-refractivity contribution in [3.8, 4) is 11.3 Å². The third-order valence-corrected chi connectivity index (χ3v) is 7.35. The number of aryl methyl sites for hydroxylation is 1. The molecule has 5 rings (SSSR count). The molecule has 0 saturated carbocycles. The number of anilines is 2. The van der Waals surface area contributed by atoms with Crippen LogP contribution in [0.3, 0.4) is 0 Å². The number of carbonyl (C=O) groups is 3. The monoisotopic (exact) mass is 613 g/mol. The predicted molar refractivity (Wildman–Crippen MR) is 156 cm³/mol. The molecule has 2 bridgehead atoms. The van der Waals surface area contributed by atoms with Gasteiger partial charge in [0.15, 0.2) is 0 Å². The van der Waals surface area contributed by atoms with Gasteiger partial charge in [0.05, 0.1) is 24.9 Å². The number of hydrogen-bond acceptors (Lipinski definition) is 6. The van der Waals surface area contributed by atoms with Crippen LogP contribution < -0.4 is 16.0 Å². The Kier molecular flexibility index (Phi) is 9.37. The molecule has 226 valence electrons. The van der Waals surface area contributed by atoms with E-state index in [0.717, 1.165) is 18.6 Å². The Morgan fingerprint density at radius 1 is 1.19 bits per heavy atom. The number of allylic oxidation sites excluding steroid dienone is 1. The van der Waals surface area contributed by atoms with Gasteiger partial charge in [0, 0.05) is 30.2 Å². The van der Waals surface area contributed by atoms with Crippen LogP contribution in [-0.4, -0.2) is 47.7 Å².